The van der Waals surface area contributed by atoms with Crippen molar-refractivity contribution in [1.29, 1.82) is 0 Å². The van der Waals surface area contributed by atoms with Crippen molar-refractivity contribution in [2.24, 2.45) is 0 Å². The minimum Gasteiger partial charge on any atom is -0.329 e. The molecule has 0 spiro atoms. The van der Waals surface area contributed by atoms with E-state index in [2.05, 4.69) is 36.6 Å². The summed E-state index contributed by atoms with van der Waals surface area (Å²) in [6, 6.07) is 17.8. The predicted molar refractivity (Wildman–Crippen MR) is 127 cm³/mol. The topological polar surface area (TPSA) is 43.1 Å². The number of hydrogen-bond acceptors (Lipinski definition) is 2. The monoisotopic (exact) mass is 442 g/mol. The second-order valence-corrected chi connectivity index (χ2v) is 8.50. The normalized spacial score (nSPS) is 13.2. The average Bonchev–Trinajstić information content (AvgIpc) is 3.49. The molecular weight excluding hydrogens is 420 g/mol. The number of carbonyl (C=O) groups is 1. The van der Waals surface area contributed by atoms with Gasteiger partial charge < -0.3 is 9.47 Å². The number of fused-ring (bicyclic) bond motifs is 1. The highest BCUT2D eigenvalue weighted by molar-refractivity contribution is 6.32. The molecule has 2 aromatic heterocycles. The highest BCUT2D eigenvalue weighted by Gasteiger charge is 2.30. The van der Waals surface area contributed by atoms with E-state index in [0.717, 1.165) is 33.9 Å². The molecule has 4 aromatic rings. The molecule has 0 bridgehead atoms. The van der Waals surface area contributed by atoms with Crippen molar-refractivity contribution in [1.82, 2.24) is 19.2 Å². The fourth-order valence-electron chi connectivity index (χ4n) is 4.19. The van der Waals surface area contributed by atoms with Crippen LogP contribution in [0.2, 0.25) is 5.02 Å². The van der Waals surface area contributed by atoms with Crippen molar-refractivity contribution in [2.45, 2.75) is 26.9 Å². The zero-order valence-electron chi connectivity index (χ0n) is 18.0. The SMILES string of the molecule is Cc1ccc(-n2nc3c(c2-n2cccc2)CN(C(=O)C=Cc2ccccc2Cl)C3)c(C)c1. The van der Waals surface area contributed by atoms with E-state index in [9.17, 15) is 4.79 Å². The molecule has 1 aliphatic rings. The summed E-state index contributed by atoms with van der Waals surface area (Å²) < 4.78 is 4.07. The average molecular weight is 443 g/mol. The fourth-order valence-corrected chi connectivity index (χ4v) is 4.39. The molecule has 1 amide bonds. The predicted octanol–water partition coefficient (Wildman–Crippen LogP) is 5.49. The summed E-state index contributed by atoms with van der Waals surface area (Å²) in [4.78, 5) is 14.7. The molecule has 0 N–H and O–H groups in total. The van der Waals surface area contributed by atoms with Crippen LogP contribution in [0.25, 0.3) is 17.6 Å². The van der Waals surface area contributed by atoms with Gasteiger partial charge in [0.15, 0.2) is 0 Å². The van der Waals surface area contributed by atoms with Gasteiger partial charge in [-0.2, -0.15) is 5.10 Å². The van der Waals surface area contributed by atoms with Gasteiger partial charge in [0.2, 0.25) is 5.91 Å². The molecule has 5 nitrogen and oxygen atoms in total. The minimum atomic E-state index is -0.0561. The number of rotatable bonds is 4. The number of hydrogen-bond donors (Lipinski definition) is 0. The molecule has 0 fully saturated rings. The number of aromatic nitrogens is 3. The van der Waals surface area contributed by atoms with Gasteiger partial charge in [0, 0.05) is 29.1 Å². The van der Waals surface area contributed by atoms with Gasteiger partial charge >= 0.3 is 0 Å². The van der Waals surface area contributed by atoms with E-state index in [-0.39, 0.29) is 5.91 Å². The first kappa shape index (κ1) is 20.3. The van der Waals surface area contributed by atoms with E-state index in [1.165, 1.54) is 5.56 Å². The summed E-state index contributed by atoms with van der Waals surface area (Å²) in [7, 11) is 0. The molecule has 6 heteroatoms. The molecule has 32 heavy (non-hydrogen) atoms. The van der Waals surface area contributed by atoms with Gasteiger partial charge in [-0.25, -0.2) is 4.68 Å². The van der Waals surface area contributed by atoms with Gasteiger partial charge in [0.05, 0.1) is 24.5 Å². The molecular formula is C26H23ClN4O. The molecule has 1 aliphatic heterocycles. The molecule has 5 rings (SSSR count). The van der Waals surface area contributed by atoms with Crippen molar-refractivity contribution in [2.75, 3.05) is 0 Å². The van der Waals surface area contributed by atoms with Crippen molar-refractivity contribution < 1.29 is 4.79 Å². The summed E-state index contributed by atoms with van der Waals surface area (Å²) in [6.45, 7) is 5.18. The summed E-state index contributed by atoms with van der Waals surface area (Å²) in [5, 5.41) is 5.56. The lowest BCUT2D eigenvalue weighted by Gasteiger charge is -2.17. The Labute approximate surface area is 192 Å². The molecule has 0 saturated carbocycles. The summed E-state index contributed by atoms with van der Waals surface area (Å²) in [5.41, 5.74) is 6.25. The Bertz CT molecular complexity index is 1330. The first-order valence-corrected chi connectivity index (χ1v) is 10.9. The van der Waals surface area contributed by atoms with Gasteiger partial charge in [-0.05, 0) is 55.3 Å². The van der Waals surface area contributed by atoms with Crippen LogP contribution < -0.4 is 0 Å². The van der Waals surface area contributed by atoms with Crippen LogP contribution in [0.3, 0.4) is 0 Å². The summed E-state index contributed by atoms with van der Waals surface area (Å²) >= 11 is 6.21. The second-order valence-electron chi connectivity index (χ2n) is 8.09. The molecule has 2 aromatic carbocycles. The van der Waals surface area contributed by atoms with Crippen LogP contribution in [-0.2, 0) is 17.9 Å². The highest BCUT2D eigenvalue weighted by atomic mass is 35.5. The third-order valence-corrected chi connectivity index (χ3v) is 6.13. The van der Waals surface area contributed by atoms with Gasteiger partial charge in [-0.15, -0.1) is 0 Å². The summed E-state index contributed by atoms with van der Waals surface area (Å²) in [5.74, 6) is 0.918. The van der Waals surface area contributed by atoms with E-state index in [0.29, 0.717) is 18.1 Å². The van der Waals surface area contributed by atoms with E-state index in [1.54, 1.807) is 12.2 Å². The maximum atomic E-state index is 12.9. The maximum Gasteiger partial charge on any atom is 0.247 e. The molecule has 0 atom stereocenters. The minimum absolute atomic E-state index is 0.0561. The first-order valence-electron chi connectivity index (χ1n) is 10.5. The first-order chi connectivity index (χ1) is 15.5. The molecule has 160 valence electrons. The van der Waals surface area contributed by atoms with Crippen LogP contribution in [0, 0.1) is 13.8 Å². The third kappa shape index (κ3) is 3.65. The van der Waals surface area contributed by atoms with E-state index >= 15 is 0 Å². The Morgan fingerprint density at radius 1 is 1.03 bits per heavy atom. The zero-order chi connectivity index (χ0) is 22.2. The highest BCUT2D eigenvalue weighted by Crippen LogP contribution is 2.31. The van der Waals surface area contributed by atoms with Crippen molar-refractivity contribution >= 4 is 23.6 Å². The Hall–Kier alpha value is -3.57. The number of nitrogens with zero attached hydrogens (tertiary/aromatic N) is 4. The third-order valence-electron chi connectivity index (χ3n) is 5.78. The van der Waals surface area contributed by atoms with Crippen LogP contribution in [0.5, 0.6) is 0 Å². The standard InChI is InChI=1S/C26H23ClN4O/c1-18-9-11-24(19(2)15-18)31-26(29-13-5-6-14-29)21-16-30(17-23(21)28-31)25(32)12-10-20-7-3-4-8-22(20)27/h3-15H,16-17H2,1-2H3. The van der Waals surface area contributed by atoms with Crippen molar-refractivity contribution in [3.8, 4) is 11.5 Å². The Kier molecular flexibility index (Phi) is 5.19. The van der Waals surface area contributed by atoms with E-state index in [1.807, 2.05) is 58.4 Å². The van der Waals surface area contributed by atoms with Crippen LogP contribution in [-0.4, -0.2) is 25.2 Å². The Morgan fingerprint density at radius 2 is 1.81 bits per heavy atom. The smallest absolute Gasteiger partial charge is 0.247 e. The lowest BCUT2D eigenvalue weighted by atomic mass is 10.1. The second kappa shape index (κ2) is 8.17. The fraction of sp³-hybridized carbons (Fsp3) is 0.154. The largest absolute Gasteiger partial charge is 0.329 e. The number of benzene rings is 2. The van der Waals surface area contributed by atoms with E-state index in [4.69, 9.17) is 16.7 Å². The van der Waals surface area contributed by atoms with Gasteiger partial charge in [0.1, 0.15) is 5.82 Å². The van der Waals surface area contributed by atoms with Crippen LogP contribution in [0.4, 0.5) is 0 Å². The molecule has 0 unspecified atom stereocenters. The van der Waals surface area contributed by atoms with Gasteiger partial charge in [-0.1, -0.05) is 47.5 Å². The molecule has 0 radical (unpaired) electrons. The maximum absolute atomic E-state index is 12.9. The Morgan fingerprint density at radius 3 is 2.56 bits per heavy atom. The zero-order valence-corrected chi connectivity index (χ0v) is 18.8. The van der Waals surface area contributed by atoms with Crippen LogP contribution in [0.15, 0.2) is 73.1 Å². The number of amides is 1. The lowest BCUT2D eigenvalue weighted by Crippen LogP contribution is -2.24. The van der Waals surface area contributed by atoms with Crippen LogP contribution >= 0.6 is 11.6 Å². The van der Waals surface area contributed by atoms with Crippen molar-refractivity contribution in [3.63, 3.8) is 0 Å². The molecule has 0 saturated heterocycles. The van der Waals surface area contributed by atoms with Crippen LogP contribution in [0.1, 0.15) is 27.9 Å². The molecule has 0 aliphatic carbocycles. The van der Waals surface area contributed by atoms with Crippen molar-refractivity contribution in [3.05, 3.63) is 106 Å². The molecule has 3 heterocycles. The van der Waals surface area contributed by atoms with Gasteiger partial charge in [-0.3, -0.25) is 4.79 Å². The number of aryl methyl sites for hydroxylation is 2. The van der Waals surface area contributed by atoms with Gasteiger partial charge in [0.25, 0.3) is 0 Å². The summed E-state index contributed by atoms with van der Waals surface area (Å²) in [6.07, 6.45) is 7.38. The Balaban J connectivity index is 1.48. The lowest BCUT2D eigenvalue weighted by molar-refractivity contribution is -0.126. The quantitative estimate of drug-likeness (QED) is 0.392. The number of carbonyl (C=O) groups excluding carboxylic acids is 1. The van der Waals surface area contributed by atoms with E-state index < -0.39 is 0 Å². The number of halogens is 1.